The quantitative estimate of drug-likeness (QED) is 0.0516. The molecule has 0 fully saturated rings. The fraction of sp³-hybridized carbons (Fsp3) is 0.702. The lowest BCUT2D eigenvalue weighted by molar-refractivity contribution is 0.289. The van der Waals surface area contributed by atoms with Crippen LogP contribution in [0.3, 0.4) is 0 Å². The molecule has 286 valence electrons. The molecule has 1 aromatic rings. The first-order valence-electron chi connectivity index (χ1n) is 21.3. The lowest BCUT2D eigenvalue weighted by Crippen LogP contribution is -2.13. The van der Waals surface area contributed by atoms with Gasteiger partial charge in [-0.15, -0.1) is 0 Å². The summed E-state index contributed by atoms with van der Waals surface area (Å²) in [4.78, 5) is 2.26. The van der Waals surface area contributed by atoms with Crippen LogP contribution in [0.5, 0.6) is 11.5 Å². The second kappa shape index (κ2) is 36.5. The van der Waals surface area contributed by atoms with Gasteiger partial charge in [0.2, 0.25) is 0 Å². The molecule has 0 aliphatic carbocycles. The van der Waals surface area contributed by atoms with Crippen LogP contribution in [0.1, 0.15) is 180 Å². The highest BCUT2D eigenvalue weighted by Crippen LogP contribution is 2.25. The van der Waals surface area contributed by atoms with Gasteiger partial charge in [0.1, 0.15) is 11.5 Å². The summed E-state index contributed by atoms with van der Waals surface area (Å²) in [6, 6.07) is 6.58. The Balaban J connectivity index is 2.20. The Kier molecular flexibility index (Phi) is 33.4. The first-order valence-corrected chi connectivity index (χ1v) is 21.3. The highest BCUT2D eigenvalue weighted by molar-refractivity contribution is 5.38. The molecule has 0 atom stereocenters. The number of unbranched alkanes of at least 4 members (excludes halogenated alkanes) is 18. The van der Waals surface area contributed by atoms with Gasteiger partial charge in [-0.1, -0.05) is 140 Å². The van der Waals surface area contributed by atoms with Crippen LogP contribution in [0.4, 0.5) is 0 Å². The van der Waals surface area contributed by atoms with Crippen molar-refractivity contribution >= 4 is 0 Å². The van der Waals surface area contributed by atoms with E-state index in [1.54, 1.807) is 0 Å². The summed E-state index contributed by atoms with van der Waals surface area (Å²) in [6.07, 6.45) is 51.4. The van der Waals surface area contributed by atoms with Crippen LogP contribution in [0, 0.1) is 0 Å². The molecule has 0 saturated carbocycles. The van der Waals surface area contributed by atoms with Gasteiger partial charge in [0.05, 0.1) is 13.2 Å². The third-order valence-corrected chi connectivity index (χ3v) is 9.24. The number of nitrogens with zero attached hydrogens (tertiary/aromatic N) is 1. The molecule has 0 aromatic heterocycles. The molecule has 3 heteroatoms. The van der Waals surface area contributed by atoms with Crippen molar-refractivity contribution in [3.8, 4) is 11.5 Å². The Hall–Kier alpha value is -2.26. The number of ether oxygens (including phenoxy) is 2. The maximum atomic E-state index is 6.26. The lowest BCUT2D eigenvalue weighted by atomic mass is 10.1. The van der Waals surface area contributed by atoms with Crippen molar-refractivity contribution in [2.75, 3.05) is 33.9 Å². The molecule has 0 aliphatic rings. The maximum absolute atomic E-state index is 6.26. The molecule has 0 spiro atoms. The van der Waals surface area contributed by atoms with E-state index in [9.17, 15) is 0 Å². The Morgan fingerprint density at radius 2 is 0.820 bits per heavy atom. The van der Waals surface area contributed by atoms with E-state index in [1.807, 2.05) is 0 Å². The molecule has 0 bridgehead atoms. The highest BCUT2D eigenvalue weighted by atomic mass is 16.5. The Labute approximate surface area is 312 Å². The number of hydrogen-bond acceptors (Lipinski definition) is 3. The fourth-order valence-corrected chi connectivity index (χ4v) is 6.10. The van der Waals surface area contributed by atoms with Crippen LogP contribution in [-0.2, 0) is 6.42 Å². The summed E-state index contributed by atoms with van der Waals surface area (Å²) in [5, 5.41) is 0. The van der Waals surface area contributed by atoms with Gasteiger partial charge in [-0.3, -0.25) is 0 Å². The largest absolute Gasteiger partial charge is 0.493 e. The average molecular weight is 692 g/mol. The van der Waals surface area contributed by atoms with Crippen LogP contribution in [0.25, 0.3) is 0 Å². The number of allylic oxidation sites excluding steroid dienone is 8. The summed E-state index contributed by atoms with van der Waals surface area (Å²) >= 11 is 0. The predicted molar refractivity (Wildman–Crippen MR) is 223 cm³/mol. The van der Waals surface area contributed by atoms with Crippen molar-refractivity contribution in [1.29, 1.82) is 0 Å². The van der Waals surface area contributed by atoms with Crippen LogP contribution < -0.4 is 9.47 Å². The third-order valence-electron chi connectivity index (χ3n) is 9.24. The van der Waals surface area contributed by atoms with Gasteiger partial charge in [0, 0.05) is 6.07 Å². The number of rotatable bonds is 36. The normalized spacial score (nSPS) is 12.2. The van der Waals surface area contributed by atoms with E-state index in [2.05, 4.69) is 99.6 Å². The molecule has 50 heavy (non-hydrogen) atoms. The molecular formula is C47H81NO2. The Bertz CT molecular complexity index is 907. The second-order valence-corrected chi connectivity index (χ2v) is 14.6. The van der Waals surface area contributed by atoms with E-state index < -0.39 is 0 Å². The molecule has 1 rings (SSSR count). The van der Waals surface area contributed by atoms with E-state index in [4.69, 9.17) is 9.47 Å². The highest BCUT2D eigenvalue weighted by Gasteiger charge is 2.05. The van der Waals surface area contributed by atoms with Crippen molar-refractivity contribution < 1.29 is 9.47 Å². The minimum Gasteiger partial charge on any atom is -0.493 e. The van der Waals surface area contributed by atoms with E-state index in [0.717, 1.165) is 69.8 Å². The standard InChI is InChI=1S/C47H81NO2/c1-5-7-9-11-13-15-17-19-21-23-25-27-29-31-33-35-40-49-46-42-45(38-37-39-48(3)4)43-47(44-46)50-41-36-34-32-30-28-26-24-22-20-18-16-14-12-10-8-6-2/h13-16,19-22,42-44H,5-12,17-18,23-41H2,1-4H3/b15-13-,16-14-,21-19-,22-20-. The monoisotopic (exact) mass is 692 g/mol. The molecule has 0 heterocycles. The number of hydrogen-bond donors (Lipinski definition) is 0. The molecule has 0 saturated heterocycles. The molecule has 0 unspecified atom stereocenters. The fourth-order valence-electron chi connectivity index (χ4n) is 6.10. The minimum atomic E-state index is 0.793. The third kappa shape index (κ3) is 31.7. The van der Waals surface area contributed by atoms with E-state index in [1.165, 1.54) is 134 Å². The number of aryl methyl sites for hydroxylation is 1. The zero-order chi connectivity index (χ0) is 36.0. The van der Waals surface area contributed by atoms with Gasteiger partial charge < -0.3 is 14.4 Å². The van der Waals surface area contributed by atoms with E-state index >= 15 is 0 Å². The summed E-state index contributed by atoms with van der Waals surface area (Å²) in [7, 11) is 4.29. The molecule has 0 aliphatic heterocycles. The Morgan fingerprint density at radius 3 is 1.22 bits per heavy atom. The number of benzene rings is 1. The van der Waals surface area contributed by atoms with Crippen molar-refractivity contribution in [2.24, 2.45) is 0 Å². The molecule has 0 radical (unpaired) electrons. The maximum Gasteiger partial charge on any atom is 0.123 e. The summed E-state index contributed by atoms with van der Waals surface area (Å²) < 4.78 is 12.5. The van der Waals surface area contributed by atoms with Crippen LogP contribution in [0.2, 0.25) is 0 Å². The molecule has 3 nitrogen and oxygen atoms in total. The SMILES string of the molecule is CCCCC/C=C\C/C=C\CCCCCCCCOc1cc(CCCN(C)C)cc(OCCCCCCCC/C=C\C/C=C\CCCCC)c1. The van der Waals surface area contributed by atoms with Crippen LogP contribution >= 0.6 is 0 Å². The lowest BCUT2D eigenvalue weighted by Gasteiger charge is -2.14. The zero-order valence-corrected chi connectivity index (χ0v) is 33.6. The Morgan fingerprint density at radius 1 is 0.440 bits per heavy atom. The second-order valence-electron chi connectivity index (χ2n) is 14.6. The molecule has 0 N–H and O–H groups in total. The van der Waals surface area contributed by atoms with Crippen molar-refractivity contribution in [2.45, 2.75) is 181 Å². The predicted octanol–water partition coefficient (Wildman–Crippen LogP) is 14.6. The molecule has 0 amide bonds. The summed E-state index contributed by atoms with van der Waals surface area (Å²) in [5.74, 6) is 1.95. The first-order chi connectivity index (χ1) is 24.7. The zero-order valence-electron chi connectivity index (χ0n) is 33.6. The summed E-state index contributed by atoms with van der Waals surface area (Å²) in [5.41, 5.74) is 1.33. The topological polar surface area (TPSA) is 21.7 Å². The van der Waals surface area contributed by atoms with Gasteiger partial charge in [0.15, 0.2) is 0 Å². The molecular weight excluding hydrogens is 611 g/mol. The average Bonchev–Trinajstić information content (AvgIpc) is 3.10. The smallest absolute Gasteiger partial charge is 0.123 e. The minimum absolute atomic E-state index is 0.793. The van der Waals surface area contributed by atoms with E-state index in [-0.39, 0.29) is 0 Å². The first kappa shape index (κ1) is 45.8. The molecule has 1 aromatic carbocycles. The summed E-state index contributed by atoms with van der Waals surface area (Å²) in [6.45, 7) is 7.21. The van der Waals surface area contributed by atoms with Crippen molar-refractivity contribution in [3.63, 3.8) is 0 Å². The van der Waals surface area contributed by atoms with Crippen LogP contribution in [0.15, 0.2) is 66.8 Å². The van der Waals surface area contributed by atoms with Crippen molar-refractivity contribution in [1.82, 2.24) is 4.90 Å². The van der Waals surface area contributed by atoms with Crippen molar-refractivity contribution in [3.05, 3.63) is 72.4 Å². The van der Waals surface area contributed by atoms with Gasteiger partial charge in [-0.2, -0.15) is 0 Å². The van der Waals surface area contributed by atoms with Crippen LogP contribution in [-0.4, -0.2) is 38.8 Å². The van der Waals surface area contributed by atoms with Gasteiger partial charge >= 0.3 is 0 Å². The van der Waals surface area contributed by atoms with Gasteiger partial charge in [0.25, 0.3) is 0 Å². The van der Waals surface area contributed by atoms with E-state index in [0.29, 0.717) is 0 Å². The van der Waals surface area contributed by atoms with Gasteiger partial charge in [-0.05, 0) is 128 Å². The van der Waals surface area contributed by atoms with Gasteiger partial charge in [-0.25, -0.2) is 0 Å².